The van der Waals surface area contributed by atoms with E-state index in [1.165, 1.54) is 6.08 Å². The highest BCUT2D eigenvalue weighted by atomic mass is 19.2. The fourth-order valence-corrected chi connectivity index (χ4v) is 1.72. The van der Waals surface area contributed by atoms with Crippen molar-refractivity contribution in [1.82, 2.24) is 5.32 Å². The number of hydrogen-bond donors (Lipinski definition) is 1. The number of halogens is 2. The van der Waals surface area contributed by atoms with Gasteiger partial charge in [-0.2, -0.15) is 0 Å². The van der Waals surface area contributed by atoms with Gasteiger partial charge in [-0.25, -0.2) is 8.78 Å². The molecule has 0 aliphatic heterocycles. The van der Waals surface area contributed by atoms with E-state index in [1.807, 2.05) is 0 Å². The molecule has 0 saturated heterocycles. The topological polar surface area (TPSA) is 29.1 Å². The Labute approximate surface area is 87.0 Å². The second-order valence-corrected chi connectivity index (χ2v) is 4.06. The van der Waals surface area contributed by atoms with Crippen LogP contribution in [0.25, 0.3) is 0 Å². The standard InChI is InChI=1S/C11H13F2NO/c12-9-5-4-8(6-10(9)13)14-11(15)7-2-1-3-7/h4-5,7-8H,1-3,6H2,(H,14,15). The minimum Gasteiger partial charge on any atom is -0.349 e. The van der Waals surface area contributed by atoms with E-state index >= 15 is 0 Å². The highest BCUT2D eigenvalue weighted by Gasteiger charge is 2.27. The number of hydrogen-bond acceptors (Lipinski definition) is 1. The lowest BCUT2D eigenvalue weighted by atomic mass is 9.84. The summed E-state index contributed by atoms with van der Waals surface area (Å²) in [6, 6.07) is -0.391. The maximum Gasteiger partial charge on any atom is 0.223 e. The van der Waals surface area contributed by atoms with Crippen molar-refractivity contribution in [3.63, 3.8) is 0 Å². The van der Waals surface area contributed by atoms with Gasteiger partial charge in [0.05, 0.1) is 6.04 Å². The highest BCUT2D eigenvalue weighted by Crippen LogP contribution is 2.27. The molecule has 0 aromatic heterocycles. The monoisotopic (exact) mass is 213 g/mol. The van der Waals surface area contributed by atoms with Gasteiger partial charge in [-0.3, -0.25) is 4.79 Å². The SMILES string of the molecule is O=C(NC1C=CC(F)=C(F)C1)C1CCC1. The molecule has 1 atom stereocenters. The van der Waals surface area contributed by atoms with Crippen LogP contribution < -0.4 is 5.32 Å². The molecule has 0 bridgehead atoms. The molecule has 1 fully saturated rings. The average Bonchev–Trinajstić information content (AvgIpc) is 2.08. The van der Waals surface area contributed by atoms with Crippen molar-refractivity contribution in [2.45, 2.75) is 31.7 Å². The van der Waals surface area contributed by atoms with Crippen LogP contribution >= 0.6 is 0 Å². The number of amides is 1. The first-order chi connectivity index (χ1) is 7.16. The van der Waals surface area contributed by atoms with Crippen molar-refractivity contribution in [3.05, 3.63) is 23.8 Å². The smallest absolute Gasteiger partial charge is 0.223 e. The molecule has 0 radical (unpaired) electrons. The summed E-state index contributed by atoms with van der Waals surface area (Å²) in [5.74, 6) is -1.57. The molecule has 2 rings (SSSR count). The van der Waals surface area contributed by atoms with Gasteiger partial charge in [-0.15, -0.1) is 0 Å². The maximum atomic E-state index is 12.9. The van der Waals surface area contributed by atoms with Crippen molar-refractivity contribution in [2.24, 2.45) is 5.92 Å². The average molecular weight is 213 g/mol. The van der Waals surface area contributed by atoms with Crippen molar-refractivity contribution < 1.29 is 13.6 Å². The third kappa shape index (κ3) is 2.25. The van der Waals surface area contributed by atoms with Crippen LogP contribution in [0.15, 0.2) is 23.8 Å². The van der Waals surface area contributed by atoms with Crippen LogP contribution in [-0.2, 0) is 4.79 Å². The van der Waals surface area contributed by atoms with E-state index in [0.717, 1.165) is 25.3 Å². The summed E-state index contributed by atoms with van der Waals surface area (Å²) >= 11 is 0. The molecule has 0 heterocycles. The Morgan fingerprint density at radius 3 is 2.67 bits per heavy atom. The lowest BCUT2D eigenvalue weighted by molar-refractivity contribution is -0.127. The minimum absolute atomic E-state index is 0.0361. The molecule has 0 aromatic rings. The molecule has 1 saturated carbocycles. The predicted octanol–water partition coefficient (Wildman–Crippen LogP) is 2.38. The maximum absolute atomic E-state index is 12.9. The van der Waals surface area contributed by atoms with Crippen LogP contribution in [0.5, 0.6) is 0 Å². The van der Waals surface area contributed by atoms with Gasteiger partial charge in [0.1, 0.15) is 5.83 Å². The molecule has 15 heavy (non-hydrogen) atoms. The molecule has 0 aromatic carbocycles. The first kappa shape index (κ1) is 10.3. The molecule has 82 valence electrons. The van der Waals surface area contributed by atoms with Gasteiger partial charge in [-0.1, -0.05) is 12.5 Å². The third-order valence-electron chi connectivity index (χ3n) is 2.94. The van der Waals surface area contributed by atoms with Crippen molar-refractivity contribution in [3.8, 4) is 0 Å². The molecule has 4 heteroatoms. The van der Waals surface area contributed by atoms with Crippen LogP contribution in [0.2, 0.25) is 0 Å². The normalized spacial score (nSPS) is 26.4. The number of rotatable bonds is 2. The molecule has 2 aliphatic rings. The summed E-state index contributed by atoms with van der Waals surface area (Å²) in [7, 11) is 0. The molecule has 1 unspecified atom stereocenters. The lowest BCUT2D eigenvalue weighted by Crippen LogP contribution is -2.40. The zero-order valence-electron chi connectivity index (χ0n) is 8.30. The summed E-state index contributed by atoms with van der Waals surface area (Å²) in [6.45, 7) is 0. The largest absolute Gasteiger partial charge is 0.349 e. The Balaban J connectivity index is 1.86. The third-order valence-corrected chi connectivity index (χ3v) is 2.94. The van der Waals surface area contributed by atoms with Crippen LogP contribution in [0.1, 0.15) is 25.7 Å². The number of carbonyl (C=O) groups excluding carboxylic acids is 1. The second kappa shape index (κ2) is 4.13. The zero-order valence-corrected chi connectivity index (χ0v) is 8.30. The van der Waals surface area contributed by atoms with E-state index in [9.17, 15) is 13.6 Å². The van der Waals surface area contributed by atoms with Gasteiger partial charge < -0.3 is 5.32 Å². The van der Waals surface area contributed by atoms with E-state index in [1.54, 1.807) is 0 Å². The molecule has 2 nitrogen and oxygen atoms in total. The number of nitrogens with one attached hydrogen (secondary N) is 1. The van der Waals surface area contributed by atoms with Crippen LogP contribution in [0.3, 0.4) is 0 Å². The van der Waals surface area contributed by atoms with Crippen LogP contribution in [-0.4, -0.2) is 11.9 Å². The summed E-state index contributed by atoms with van der Waals surface area (Å²) in [6.07, 6.45) is 5.41. The second-order valence-electron chi connectivity index (χ2n) is 4.06. The molecule has 1 amide bonds. The van der Waals surface area contributed by atoms with Gasteiger partial charge in [0.2, 0.25) is 5.91 Å². The molecular weight excluding hydrogens is 200 g/mol. The van der Waals surface area contributed by atoms with E-state index in [0.29, 0.717) is 0 Å². The summed E-state index contributed by atoms with van der Waals surface area (Å²) in [4.78, 5) is 11.5. The van der Waals surface area contributed by atoms with E-state index < -0.39 is 17.7 Å². The van der Waals surface area contributed by atoms with Crippen LogP contribution in [0.4, 0.5) is 8.78 Å². The van der Waals surface area contributed by atoms with Gasteiger partial charge in [-0.05, 0) is 18.9 Å². The predicted molar refractivity (Wildman–Crippen MR) is 52.3 cm³/mol. The van der Waals surface area contributed by atoms with E-state index in [2.05, 4.69) is 5.32 Å². The molecule has 1 N–H and O–H groups in total. The number of carbonyl (C=O) groups is 1. The Hall–Kier alpha value is -1.19. The summed E-state index contributed by atoms with van der Waals surface area (Å²) in [5.41, 5.74) is 0. The molecule has 0 spiro atoms. The zero-order chi connectivity index (χ0) is 10.8. The van der Waals surface area contributed by atoms with Crippen molar-refractivity contribution in [2.75, 3.05) is 0 Å². The lowest BCUT2D eigenvalue weighted by Gasteiger charge is -2.26. The number of allylic oxidation sites excluding steroid dienone is 2. The minimum atomic E-state index is -0.829. The van der Waals surface area contributed by atoms with Crippen molar-refractivity contribution >= 4 is 5.91 Å². The van der Waals surface area contributed by atoms with E-state index in [-0.39, 0.29) is 18.2 Å². The van der Waals surface area contributed by atoms with Crippen molar-refractivity contribution in [1.29, 1.82) is 0 Å². The quantitative estimate of drug-likeness (QED) is 0.749. The van der Waals surface area contributed by atoms with Crippen LogP contribution in [0, 0.1) is 5.92 Å². The Morgan fingerprint density at radius 2 is 2.13 bits per heavy atom. The fourth-order valence-electron chi connectivity index (χ4n) is 1.72. The van der Waals surface area contributed by atoms with Gasteiger partial charge >= 0.3 is 0 Å². The Kier molecular flexibility index (Phi) is 2.84. The van der Waals surface area contributed by atoms with E-state index in [4.69, 9.17) is 0 Å². The Bertz CT molecular complexity index is 331. The molecular formula is C11H13F2NO. The van der Waals surface area contributed by atoms with Gasteiger partial charge in [0.25, 0.3) is 0 Å². The first-order valence-electron chi connectivity index (χ1n) is 5.19. The molecule has 2 aliphatic carbocycles. The fraction of sp³-hybridized carbons (Fsp3) is 0.545. The Morgan fingerprint density at radius 1 is 1.40 bits per heavy atom. The first-order valence-corrected chi connectivity index (χ1v) is 5.19. The highest BCUT2D eigenvalue weighted by molar-refractivity contribution is 5.80. The summed E-state index contributed by atoms with van der Waals surface area (Å²) in [5, 5.41) is 2.71. The van der Waals surface area contributed by atoms with Gasteiger partial charge in [0, 0.05) is 12.3 Å². The van der Waals surface area contributed by atoms with Gasteiger partial charge in [0.15, 0.2) is 5.83 Å². The summed E-state index contributed by atoms with van der Waals surface area (Å²) < 4.78 is 25.5.